The van der Waals surface area contributed by atoms with E-state index in [1.807, 2.05) is 6.07 Å². The Balaban J connectivity index is 1.88. The van der Waals surface area contributed by atoms with Gasteiger partial charge in [-0.05, 0) is 56.7 Å². The van der Waals surface area contributed by atoms with Crippen LogP contribution >= 0.6 is 0 Å². The highest BCUT2D eigenvalue weighted by Crippen LogP contribution is 2.17. The minimum absolute atomic E-state index is 0.251. The van der Waals surface area contributed by atoms with Crippen LogP contribution < -0.4 is 5.73 Å². The summed E-state index contributed by atoms with van der Waals surface area (Å²) in [5.41, 5.74) is 7.10. The highest BCUT2D eigenvalue weighted by atomic mass is 19.1. The van der Waals surface area contributed by atoms with E-state index in [4.69, 9.17) is 5.73 Å². The lowest BCUT2D eigenvalue weighted by molar-refractivity contribution is 0.267. The van der Waals surface area contributed by atoms with Gasteiger partial charge in [0.25, 0.3) is 0 Å². The lowest BCUT2D eigenvalue weighted by atomic mass is 10.1. The number of likely N-dealkylation sites (tertiary alicyclic amines) is 1. The van der Waals surface area contributed by atoms with Gasteiger partial charge in [-0.25, -0.2) is 4.39 Å². The minimum atomic E-state index is -0.251. The van der Waals surface area contributed by atoms with E-state index in [0.29, 0.717) is 5.69 Å². The number of halogens is 1. The summed E-state index contributed by atoms with van der Waals surface area (Å²) in [7, 11) is 4.24. The molecule has 3 nitrogen and oxygen atoms in total. The Morgan fingerprint density at radius 2 is 2.22 bits per heavy atom. The van der Waals surface area contributed by atoms with Crippen LogP contribution in [0.15, 0.2) is 18.2 Å². The van der Waals surface area contributed by atoms with Gasteiger partial charge >= 0.3 is 0 Å². The number of anilines is 1. The Morgan fingerprint density at radius 3 is 2.83 bits per heavy atom. The molecule has 2 N–H and O–H groups in total. The van der Waals surface area contributed by atoms with Crippen molar-refractivity contribution in [2.75, 3.05) is 39.5 Å². The second-order valence-electron chi connectivity index (χ2n) is 5.51. The highest BCUT2D eigenvalue weighted by Gasteiger charge is 2.20. The molecule has 0 bridgehead atoms. The van der Waals surface area contributed by atoms with Crippen molar-refractivity contribution in [2.45, 2.75) is 13.0 Å². The molecule has 0 saturated carbocycles. The number of benzene rings is 1. The summed E-state index contributed by atoms with van der Waals surface area (Å²) in [4.78, 5) is 4.61. The molecule has 0 spiro atoms. The molecule has 1 saturated heterocycles. The van der Waals surface area contributed by atoms with Crippen molar-refractivity contribution in [3.63, 3.8) is 0 Å². The van der Waals surface area contributed by atoms with Crippen molar-refractivity contribution in [1.82, 2.24) is 9.80 Å². The van der Waals surface area contributed by atoms with Crippen molar-refractivity contribution < 1.29 is 4.39 Å². The van der Waals surface area contributed by atoms with Gasteiger partial charge in [-0.15, -0.1) is 0 Å². The molecule has 4 heteroatoms. The van der Waals surface area contributed by atoms with Gasteiger partial charge in [0.05, 0.1) is 0 Å². The molecule has 18 heavy (non-hydrogen) atoms. The van der Waals surface area contributed by atoms with Crippen LogP contribution in [0.2, 0.25) is 0 Å². The molecular weight excluding hydrogens is 229 g/mol. The van der Waals surface area contributed by atoms with Gasteiger partial charge < -0.3 is 15.5 Å². The van der Waals surface area contributed by atoms with Gasteiger partial charge in [0, 0.05) is 25.3 Å². The predicted octanol–water partition coefficient (Wildman–Crippen LogP) is 1.79. The summed E-state index contributed by atoms with van der Waals surface area (Å²) in [5.74, 6) is 0.477. The van der Waals surface area contributed by atoms with Crippen molar-refractivity contribution >= 4 is 5.69 Å². The second-order valence-corrected chi connectivity index (χ2v) is 5.51. The Hall–Kier alpha value is -1.13. The zero-order valence-electron chi connectivity index (χ0n) is 11.2. The van der Waals surface area contributed by atoms with Gasteiger partial charge in [-0.3, -0.25) is 0 Å². The first-order valence-corrected chi connectivity index (χ1v) is 6.45. The van der Waals surface area contributed by atoms with E-state index in [-0.39, 0.29) is 5.82 Å². The third-order valence-corrected chi connectivity index (χ3v) is 3.49. The zero-order chi connectivity index (χ0) is 13.1. The third kappa shape index (κ3) is 3.68. The smallest absolute Gasteiger partial charge is 0.125 e. The molecule has 1 aromatic rings. The molecule has 1 aromatic carbocycles. The van der Waals surface area contributed by atoms with Gasteiger partial charge in [-0.2, -0.15) is 0 Å². The Bertz CT molecular complexity index is 388. The molecule has 1 unspecified atom stereocenters. The van der Waals surface area contributed by atoms with Crippen molar-refractivity contribution in [1.29, 1.82) is 0 Å². The van der Waals surface area contributed by atoms with Gasteiger partial charge in [0.1, 0.15) is 5.82 Å². The van der Waals surface area contributed by atoms with Crippen LogP contribution in [0.25, 0.3) is 0 Å². The average Bonchev–Trinajstić information content (AvgIpc) is 2.61. The lowest BCUT2D eigenvalue weighted by Gasteiger charge is -2.21. The molecule has 1 aliphatic heterocycles. The maximum atomic E-state index is 13.2. The molecule has 100 valence electrons. The quantitative estimate of drug-likeness (QED) is 0.828. The monoisotopic (exact) mass is 251 g/mol. The summed E-state index contributed by atoms with van der Waals surface area (Å²) in [6, 6.07) is 4.77. The largest absolute Gasteiger partial charge is 0.399 e. The van der Waals surface area contributed by atoms with E-state index in [1.165, 1.54) is 19.0 Å². The third-order valence-electron chi connectivity index (χ3n) is 3.49. The Morgan fingerprint density at radius 1 is 1.44 bits per heavy atom. The number of hydrogen-bond donors (Lipinski definition) is 1. The van der Waals surface area contributed by atoms with Crippen LogP contribution in [0.1, 0.15) is 12.0 Å². The number of nitrogen functional groups attached to an aromatic ring is 1. The average molecular weight is 251 g/mol. The summed E-state index contributed by atoms with van der Waals surface area (Å²) >= 11 is 0. The van der Waals surface area contributed by atoms with Gasteiger partial charge in [-0.1, -0.05) is 0 Å². The summed E-state index contributed by atoms with van der Waals surface area (Å²) < 4.78 is 13.2. The van der Waals surface area contributed by atoms with Crippen LogP contribution in [-0.4, -0.2) is 43.5 Å². The number of rotatable bonds is 4. The van der Waals surface area contributed by atoms with E-state index in [0.717, 1.165) is 31.1 Å². The number of hydrogen-bond acceptors (Lipinski definition) is 3. The van der Waals surface area contributed by atoms with Gasteiger partial charge in [0.15, 0.2) is 0 Å². The first-order valence-electron chi connectivity index (χ1n) is 6.45. The maximum Gasteiger partial charge on any atom is 0.125 e. The van der Waals surface area contributed by atoms with E-state index in [2.05, 4.69) is 23.9 Å². The standard InChI is InChI=1S/C14H22FN3/c1-17-4-3-11(8-17)9-18(2)10-12-5-13(15)7-14(16)6-12/h5-7,11H,3-4,8-10,16H2,1-2H3. The van der Waals surface area contributed by atoms with Crippen LogP contribution in [0.5, 0.6) is 0 Å². The van der Waals surface area contributed by atoms with Gasteiger partial charge in [0.2, 0.25) is 0 Å². The first kappa shape index (κ1) is 13.3. The second kappa shape index (κ2) is 5.67. The molecule has 0 aromatic heterocycles. The molecule has 1 heterocycles. The fourth-order valence-corrected chi connectivity index (χ4v) is 2.76. The normalized spacial score (nSPS) is 20.8. The molecule has 0 aliphatic carbocycles. The minimum Gasteiger partial charge on any atom is -0.399 e. The molecule has 1 atom stereocenters. The van der Waals surface area contributed by atoms with Crippen LogP contribution in [0, 0.1) is 11.7 Å². The van der Waals surface area contributed by atoms with E-state index >= 15 is 0 Å². The summed E-state index contributed by atoms with van der Waals surface area (Å²) in [6.07, 6.45) is 1.26. The van der Waals surface area contributed by atoms with Crippen LogP contribution in [0.4, 0.5) is 10.1 Å². The molecular formula is C14H22FN3. The molecule has 0 radical (unpaired) electrons. The lowest BCUT2D eigenvalue weighted by Crippen LogP contribution is -2.27. The predicted molar refractivity (Wildman–Crippen MR) is 72.8 cm³/mol. The Kier molecular flexibility index (Phi) is 4.19. The van der Waals surface area contributed by atoms with Crippen molar-refractivity contribution in [2.24, 2.45) is 5.92 Å². The summed E-state index contributed by atoms with van der Waals surface area (Å²) in [5, 5.41) is 0. The SMILES string of the molecule is CN1CCC(CN(C)Cc2cc(N)cc(F)c2)C1. The van der Waals surface area contributed by atoms with Crippen LogP contribution in [0.3, 0.4) is 0 Å². The summed E-state index contributed by atoms with van der Waals surface area (Å²) in [6.45, 7) is 4.16. The fraction of sp³-hybridized carbons (Fsp3) is 0.571. The molecule has 1 fully saturated rings. The van der Waals surface area contributed by atoms with Crippen molar-refractivity contribution in [3.05, 3.63) is 29.6 Å². The fourth-order valence-electron chi connectivity index (χ4n) is 2.76. The van der Waals surface area contributed by atoms with E-state index < -0.39 is 0 Å². The number of nitrogens with two attached hydrogens (primary N) is 1. The maximum absolute atomic E-state index is 13.2. The molecule has 1 aliphatic rings. The first-order chi connectivity index (χ1) is 8.52. The molecule has 2 rings (SSSR count). The topological polar surface area (TPSA) is 32.5 Å². The number of nitrogens with zero attached hydrogens (tertiary/aromatic N) is 2. The zero-order valence-corrected chi connectivity index (χ0v) is 11.2. The van der Waals surface area contributed by atoms with Crippen LogP contribution in [-0.2, 0) is 6.54 Å². The molecule has 0 amide bonds. The van der Waals surface area contributed by atoms with Crippen molar-refractivity contribution in [3.8, 4) is 0 Å². The highest BCUT2D eigenvalue weighted by molar-refractivity contribution is 5.41. The Labute approximate surface area is 108 Å². The van der Waals surface area contributed by atoms with E-state index in [9.17, 15) is 4.39 Å². The van der Waals surface area contributed by atoms with E-state index in [1.54, 1.807) is 6.07 Å².